The molecule has 1 amide bonds. The molecule has 0 spiro atoms. The van der Waals surface area contributed by atoms with Crippen molar-refractivity contribution in [3.8, 4) is 22.4 Å². The van der Waals surface area contributed by atoms with E-state index in [2.05, 4.69) is 9.97 Å². The highest BCUT2D eigenvalue weighted by molar-refractivity contribution is 6.03. The second-order valence-corrected chi connectivity index (χ2v) is 10.5. The Morgan fingerprint density at radius 3 is 1.90 bits per heavy atom. The Bertz CT molecular complexity index is 1630. The summed E-state index contributed by atoms with van der Waals surface area (Å²) < 4.78 is 95.3. The zero-order chi connectivity index (χ0) is 31.2. The van der Waals surface area contributed by atoms with Gasteiger partial charge >= 0.3 is 12.4 Å². The van der Waals surface area contributed by atoms with Gasteiger partial charge in [-0.05, 0) is 92.9 Å². The van der Waals surface area contributed by atoms with E-state index in [1.165, 1.54) is 45.3 Å². The molecule has 42 heavy (non-hydrogen) atoms. The molecule has 2 heterocycles. The molecule has 11 heteroatoms. The first-order valence-electron chi connectivity index (χ1n) is 12.7. The van der Waals surface area contributed by atoms with Crippen LogP contribution < -0.4 is 4.90 Å². The topological polar surface area (TPSA) is 46.1 Å². The van der Waals surface area contributed by atoms with Crippen molar-refractivity contribution in [3.05, 3.63) is 101 Å². The normalized spacial score (nSPS) is 12.4. The van der Waals surface area contributed by atoms with Crippen LogP contribution in [0.25, 0.3) is 22.4 Å². The maximum absolute atomic E-state index is 14.0. The van der Waals surface area contributed by atoms with E-state index in [0.717, 1.165) is 10.6 Å². The van der Waals surface area contributed by atoms with Crippen LogP contribution in [-0.4, -0.2) is 22.9 Å². The molecule has 0 fully saturated rings. The number of aryl methyl sites for hydroxylation is 2. The molecule has 0 aliphatic heterocycles. The molecule has 0 N–H and O–H groups in total. The molecule has 4 aromatic rings. The quantitative estimate of drug-likeness (QED) is 0.219. The van der Waals surface area contributed by atoms with Gasteiger partial charge in [-0.3, -0.25) is 14.8 Å². The van der Waals surface area contributed by atoms with Crippen molar-refractivity contribution in [2.75, 3.05) is 11.9 Å². The summed E-state index contributed by atoms with van der Waals surface area (Å²) in [6.07, 6.45) is -7.14. The standard InChI is InChI=1S/C31H26F7N3O/c1-17-10-23(32)6-7-24(17)25-15-26(19-8-9-39-18(2)11-19)40-16-27(25)41(5)28(42)29(3,4)20-12-21(30(33,34)35)14-22(13-20)31(36,37)38/h6-16H,1-5H3. The van der Waals surface area contributed by atoms with Gasteiger partial charge in [0.05, 0.1) is 34.1 Å². The summed E-state index contributed by atoms with van der Waals surface area (Å²) in [6.45, 7) is 5.99. The smallest absolute Gasteiger partial charge is 0.313 e. The lowest BCUT2D eigenvalue weighted by atomic mass is 9.81. The first kappa shape index (κ1) is 30.7. The third-order valence-corrected chi connectivity index (χ3v) is 7.06. The van der Waals surface area contributed by atoms with Crippen molar-refractivity contribution in [2.45, 2.75) is 45.5 Å². The van der Waals surface area contributed by atoms with Crippen LogP contribution in [0, 0.1) is 19.7 Å². The van der Waals surface area contributed by atoms with Crippen molar-refractivity contribution in [1.29, 1.82) is 0 Å². The molecular formula is C31H26F7N3O. The second-order valence-electron chi connectivity index (χ2n) is 10.5. The highest BCUT2D eigenvalue weighted by Gasteiger charge is 2.41. The number of rotatable bonds is 5. The Labute approximate surface area is 237 Å². The van der Waals surface area contributed by atoms with Gasteiger partial charge in [0.2, 0.25) is 5.91 Å². The van der Waals surface area contributed by atoms with Crippen LogP contribution in [0.5, 0.6) is 0 Å². The van der Waals surface area contributed by atoms with Crippen LogP contribution >= 0.6 is 0 Å². The fourth-order valence-corrected chi connectivity index (χ4v) is 4.69. The fraction of sp³-hybridized carbons (Fsp3) is 0.258. The lowest BCUT2D eigenvalue weighted by Gasteiger charge is -2.32. The number of pyridine rings is 2. The predicted octanol–water partition coefficient (Wildman–Crippen LogP) is 8.54. The summed E-state index contributed by atoms with van der Waals surface area (Å²) in [5.41, 5.74) is -1.60. The van der Waals surface area contributed by atoms with Crippen LogP contribution in [0.15, 0.2) is 67.0 Å². The fourth-order valence-electron chi connectivity index (χ4n) is 4.69. The van der Waals surface area contributed by atoms with Crippen molar-refractivity contribution in [1.82, 2.24) is 9.97 Å². The summed E-state index contributed by atoms with van der Waals surface area (Å²) in [6, 6.07) is 10.4. The highest BCUT2D eigenvalue weighted by atomic mass is 19.4. The number of nitrogens with zero attached hydrogens (tertiary/aromatic N) is 3. The first-order chi connectivity index (χ1) is 19.4. The van der Waals surface area contributed by atoms with E-state index in [9.17, 15) is 35.5 Å². The number of anilines is 1. The number of carbonyl (C=O) groups is 1. The van der Waals surface area contributed by atoms with Gasteiger partial charge in [-0.2, -0.15) is 26.3 Å². The van der Waals surface area contributed by atoms with Crippen LogP contribution in [0.4, 0.5) is 36.4 Å². The van der Waals surface area contributed by atoms with Gasteiger partial charge in [0.15, 0.2) is 0 Å². The summed E-state index contributed by atoms with van der Waals surface area (Å²) in [4.78, 5) is 23.7. The first-order valence-corrected chi connectivity index (χ1v) is 12.7. The maximum Gasteiger partial charge on any atom is 0.416 e. The molecular weight excluding hydrogens is 563 g/mol. The second kappa shape index (κ2) is 10.8. The zero-order valence-corrected chi connectivity index (χ0v) is 23.2. The number of benzene rings is 2. The van der Waals surface area contributed by atoms with Crippen molar-refractivity contribution < 1.29 is 35.5 Å². The zero-order valence-electron chi connectivity index (χ0n) is 23.2. The number of carbonyl (C=O) groups excluding carboxylic acids is 1. The molecule has 0 radical (unpaired) electrons. The monoisotopic (exact) mass is 589 g/mol. The molecule has 0 bridgehead atoms. The lowest BCUT2D eigenvalue weighted by Crippen LogP contribution is -2.42. The SMILES string of the molecule is Cc1cc(-c2cc(-c3ccc(F)cc3C)c(N(C)C(=O)C(C)(C)c3cc(C(F)(F)F)cc(C(F)(F)F)c3)cn2)ccn1. The Balaban J connectivity index is 1.86. The average molecular weight is 590 g/mol. The molecule has 0 atom stereocenters. The van der Waals surface area contributed by atoms with Gasteiger partial charge in [-0.1, -0.05) is 6.07 Å². The molecule has 0 unspecified atom stereocenters. The molecule has 0 aliphatic carbocycles. The molecule has 0 saturated carbocycles. The van der Waals surface area contributed by atoms with Crippen molar-refractivity contribution in [3.63, 3.8) is 0 Å². The lowest BCUT2D eigenvalue weighted by molar-refractivity contribution is -0.143. The third kappa shape index (κ3) is 6.14. The molecule has 4 nitrogen and oxygen atoms in total. The minimum Gasteiger partial charge on any atom is -0.313 e. The summed E-state index contributed by atoms with van der Waals surface area (Å²) >= 11 is 0. The molecule has 2 aromatic carbocycles. The Hall–Kier alpha value is -4.28. The van der Waals surface area contributed by atoms with Crippen LogP contribution in [-0.2, 0) is 22.6 Å². The Morgan fingerprint density at radius 1 is 0.762 bits per heavy atom. The van der Waals surface area contributed by atoms with E-state index in [4.69, 9.17) is 0 Å². The summed E-state index contributed by atoms with van der Waals surface area (Å²) in [5, 5.41) is 0. The van der Waals surface area contributed by atoms with E-state index >= 15 is 0 Å². The minimum absolute atomic E-state index is 0.0205. The minimum atomic E-state index is -5.07. The summed E-state index contributed by atoms with van der Waals surface area (Å²) in [7, 11) is 1.36. The van der Waals surface area contributed by atoms with E-state index in [1.807, 2.05) is 0 Å². The van der Waals surface area contributed by atoms with Crippen molar-refractivity contribution >= 4 is 11.6 Å². The van der Waals surface area contributed by atoms with E-state index in [0.29, 0.717) is 40.1 Å². The number of alkyl halides is 6. The molecule has 220 valence electrons. The van der Waals surface area contributed by atoms with Crippen LogP contribution in [0.2, 0.25) is 0 Å². The Morgan fingerprint density at radius 2 is 1.36 bits per heavy atom. The number of halogens is 7. The van der Waals surface area contributed by atoms with E-state index < -0.39 is 46.2 Å². The average Bonchev–Trinajstić information content (AvgIpc) is 2.90. The van der Waals surface area contributed by atoms with E-state index in [-0.39, 0.29) is 11.8 Å². The maximum atomic E-state index is 14.0. The third-order valence-electron chi connectivity index (χ3n) is 7.06. The van der Waals surface area contributed by atoms with E-state index in [1.54, 1.807) is 38.2 Å². The van der Waals surface area contributed by atoms with Crippen LogP contribution in [0.1, 0.15) is 41.8 Å². The molecule has 2 aromatic heterocycles. The van der Waals surface area contributed by atoms with Gasteiger partial charge in [-0.15, -0.1) is 0 Å². The number of aromatic nitrogens is 2. The number of amides is 1. The van der Waals surface area contributed by atoms with Gasteiger partial charge in [0, 0.05) is 30.1 Å². The highest BCUT2D eigenvalue weighted by Crippen LogP contribution is 2.41. The van der Waals surface area contributed by atoms with Crippen molar-refractivity contribution in [2.24, 2.45) is 0 Å². The Kier molecular flexibility index (Phi) is 7.92. The van der Waals surface area contributed by atoms with Gasteiger partial charge in [0.25, 0.3) is 0 Å². The van der Waals surface area contributed by atoms with Gasteiger partial charge in [-0.25, -0.2) is 4.39 Å². The largest absolute Gasteiger partial charge is 0.416 e. The molecule has 4 rings (SSSR count). The number of hydrogen-bond acceptors (Lipinski definition) is 3. The number of hydrogen-bond donors (Lipinski definition) is 0. The summed E-state index contributed by atoms with van der Waals surface area (Å²) in [5.74, 6) is -1.27. The van der Waals surface area contributed by atoms with Gasteiger partial charge in [0.1, 0.15) is 5.82 Å². The predicted molar refractivity (Wildman–Crippen MR) is 145 cm³/mol. The van der Waals surface area contributed by atoms with Crippen LogP contribution in [0.3, 0.4) is 0 Å². The number of likely N-dealkylation sites (N-methyl/N-ethyl adjacent to an activating group) is 1. The van der Waals surface area contributed by atoms with Gasteiger partial charge < -0.3 is 4.90 Å². The molecule has 0 saturated heterocycles. The molecule has 0 aliphatic rings.